The average Bonchev–Trinajstić information content (AvgIpc) is 3.14. The van der Waals surface area contributed by atoms with Crippen molar-refractivity contribution in [2.45, 2.75) is 56.8 Å². The number of epoxide rings is 1. The van der Waals surface area contributed by atoms with Gasteiger partial charge in [-0.15, -0.1) is 0 Å². The minimum Gasteiger partial charge on any atom is -0.481 e. The summed E-state index contributed by atoms with van der Waals surface area (Å²) in [6.07, 6.45) is 4.32. The van der Waals surface area contributed by atoms with Crippen molar-refractivity contribution in [2.24, 2.45) is 34.5 Å². The zero-order valence-corrected chi connectivity index (χ0v) is 13.8. The second-order valence-corrected chi connectivity index (χ2v) is 9.32. The number of carbonyl (C=O) groups is 2. The molecule has 1 unspecified atom stereocenters. The predicted octanol–water partition coefficient (Wildman–Crippen LogP) is 2.15. The first-order valence-electron chi connectivity index (χ1n) is 9.14. The molecule has 1 N–H and O–H groups in total. The Morgan fingerprint density at radius 2 is 2.12 bits per heavy atom. The summed E-state index contributed by atoms with van der Waals surface area (Å²) in [4.78, 5) is 25.3. The number of hydrogen-bond acceptors (Lipinski definition) is 4. The highest BCUT2D eigenvalue weighted by molar-refractivity contribution is 5.86. The van der Waals surface area contributed by atoms with Gasteiger partial charge in [0.25, 0.3) is 0 Å². The van der Waals surface area contributed by atoms with Crippen molar-refractivity contribution < 1.29 is 24.2 Å². The molecule has 24 heavy (non-hydrogen) atoms. The van der Waals surface area contributed by atoms with Gasteiger partial charge in [0.05, 0.1) is 12.0 Å². The Labute approximate surface area is 140 Å². The van der Waals surface area contributed by atoms with E-state index in [2.05, 4.69) is 6.58 Å². The third-order valence-electron chi connectivity index (χ3n) is 8.66. The summed E-state index contributed by atoms with van der Waals surface area (Å²) < 4.78 is 11.9. The zero-order chi connectivity index (χ0) is 16.6. The van der Waals surface area contributed by atoms with Crippen LogP contribution in [-0.2, 0) is 19.1 Å². The summed E-state index contributed by atoms with van der Waals surface area (Å²) >= 11 is 0. The smallest absolute Gasteiger partial charge is 0.315 e. The lowest BCUT2D eigenvalue weighted by Gasteiger charge is -2.43. The van der Waals surface area contributed by atoms with Gasteiger partial charge in [0.15, 0.2) is 0 Å². The van der Waals surface area contributed by atoms with Crippen molar-refractivity contribution in [1.82, 2.24) is 0 Å². The van der Waals surface area contributed by atoms with E-state index in [1.807, 2.05) is 6.92 Å². The van der Waals surface area contributed by atoms with E-state index in [-0.39, 0.29) is 35.4 Å². The van der Waals surface area contributed by atoms with E-state index in [9.17, 15) is 14.7 Å². The number of aliphatic carboxylic acids is 1. The summed E-state index contributed by atoms with van der Waals surface area (Å²) in [5.74, 6) is -1.17. The number of hydrogen-bond donors (Lipinski definition) is 1. The van der Waals surface area contributed by atoms with Crippen LogP contribution >= 0.6 is 0 Å². The Morgan fingerprint density at radius 3 is 2.88 bits per heavy atom. The molecule has 0 radical (unpaired) electrons. The molecule has 2 saturated heterocycles. The van der Waals surface area contributed by atoms with Crippen LogP contribution in [0, 0.1) is 34.5 Å². The van der Waals surface area contributed by atoms with Gasteiger partial charge in [-0.3, -0.25) is 9.59 Å². The molecule has 6 aliphatic rings. The van der Waals surface area contributed by atoms with Crippen molar-refractivity contribution in [3.8, 4) is 0 Å². The van der Waals surface area contributed by atoms with E-state index >= 15 is 0 Å². The molecule has 0 aromatic carbocycles. The highest BCUT2D eigenvalue weighted by Gasteiger charge is 2.87. The number of carbonyl (C=O) groups excluding carboxylic acids is 1. The first-order chi connectivity index (χ1) is 11.3. The number of carboxylic acids is 1. The Bertz CT molecular complexity index is 729. The molecule has 2 heterocycles. The van der Waals surface area contributed by atoms with E-state index in [4.69, 9.17) is 9.47 Å². The van der Waals surface area contributed by atoms with Crippen molar-refractivity contribution in [3.05, 3.63) is 12.2 Å². The number of esters is 1. The van der Waals surface area contributed by atoms with Gasteiger partial charge in [0.2, 0.25) is 0 Å². The van der Waals surface area contributed by atoms with Crippen LogP contribution in [0.15, 0.2) is 12.2 Å². The standard InChI is InChI=1S/C19H22O5/c1-8-5-18-6-9(8)3-4-11(18)19-7-10-14(23-10)17(2,16(22)24-19)13(19)12(18)15(20)21/h9-14H,1,3-7H2,2H3,(H,20,21)/t9-,10+,11?,12-,13-,14+,17+,18+,19-/m1/s1. The third-order valence-corrected chi connectivity index (χ3v) is 8.66. The van der Waals surface area contributed by atoms with E-state index in [1.54, 1.807) is 0 Å². The van der Waals surface area contributed by atoms with E-state index in [1.165, 1.54) is 5.57 Å². The molecular formula is C19H22O5. The number of ether oxygens (including phenoxy) is 2. The fourth-order valence-corrected chi connectivity index (χ4v) is 8.02. The Balaban J connectivity index is 1.61. The quantitative estimate of drug-likeness (QED) is 0.453. The van der Waals surface area contributed by atoms with Gasteiger partial charge in [-0.1, -0.05) is 12.2 Å². The molecular weight excluding hydrogens is 308 g/mol. The molecule has 5 nitrogen and oxygen atoms in total. The maximum atomic E-state index is 12.8. The molecule has 1 spiro atoms. The third kappa shape index (κ3) is 1.14. The predicted molar refractivity (Wildman–Crippen MR) is 81.8 cm³/mol. The van der Waals surface area contributed by atoms with Crippen molar-refractivity contribution in [2.75, 3.05) is 0 Å². The highest BCUT2D eigenvalue weighted by Crippen LogP contribution is 2.79. The van der Waals surface area contributed by atoms with Crippen LogP contribution < -0.4 is 0 Å². The van der Waals surface area contributed by atoms with Crippen molar-refractivity contribution >= 4 is 11.9 Å². The minimum atomic E-state index is -0.794. The zero-order valence-electron chi connectivity index (χ0n) is 13.8. The summed E-state index contributed by atoms with van der Waals surface area (Å²) in [6.45, 7) is 6.15. The van der Waals surface area contributed by atoms with Gasteiger partial charge in [-0.25, -0.2) is 0 Å². The Kier molecular flexibility index (Phi) is 2.08. The Hall–Kier alpha value is -1.36. The average molecular weight is 330 g/mol. The minimum absolute atomic E-state index is 0.0737. The molecule has 4 bridgehead atoms. The molecule has 4 saturated carbocycles. The van der Waals surface area contributed by atoms with Crippen LogP contribution in [0.4, 0.5) is 0 Å². The molecule has 0 amide bonds. The van der Waals surface area contributed by atoms with E-state index in [0.29, 0.717) is 12.3 Å². The van der Waals surface area contributed by atoms with Gasteiger partial charge >= 0.3 is 11.9 Å². The van der Waals surface area contributed by atoms with E-state index < -0.39 is 22.9 Å². The number of allylic oxidation sites excluding steroid dienone is 1. The molecule has 4 aliphatic carbocycles. The van der Waals surface area contributed by atoms with Crippen molar-refractivity contribution in [3.63, 3.8) is 0 Å². The molecule has 2 aliphatic heterocycles. The Morgan fingerprint density at radius 1 is 1.33 bits per heavy atom. The van der Waals surface area contributed by atoms with Crippen LogP contribution in [0.3, 0.4) is 0 Å². The monoisotopic (exact) mass is 330 g/mol. The number of rotatable bonds is 1. The maximum absolute atomic E-state index is 12.8. The second-order valence-electron chi connectivity index (χ2n) is 9.32. The normalized spacial score (nSPS) is 61.9. The fourth-order valence-electron chi connectivity index (χ4n) is 8.02. The van der Waals surface area contributed by atoms with E-state index in [0.717, 1.165) is 25.7 Å². The molecule has 5 heteroatoms. The molecule has 6 fully saturated rings. The van der Waals surface area contributed by atoms with Crippen LogP contribution in [0.2, 0.25) is 0 Å². The SMILES string of the molecule is C=C1C[C@]23C[C@H]1CCC2[C@@]12C[C@@H]4O[C@@H]4[C@@](C)(C(=O)O1)[C@H]2[C@@H]3C(=O)O. The molecule has 0 aromatic rings. The van der Waals surface area contributed by atoms with Gasteiger partial charge < -0.3 is 14.6 Å². The number of carboxylic acid groups (broad SMARTS) is 1. The lowest BCUT2D eigenvalue weighted by atomic mass is 9.60. The summed E-state index contributed by atoms with van der Waals surface area (Å²) in [5, 5.41) is 10.2. The lowest BCUT2D eigenvalue weighted by molar-refractivity contribution is -0.163. The first kappa shape index (κ1) is 13.9. The molecule has 0 aromatic heterocycles. The molecule has 128 valence electrons. The molecule has 9 atom stereocenters. The van der Waals surface area contributed by atoms with Crippen LogP contribution in [-0.4, -0.2) is 34.9 Å². The highest BCUT2D eigenvalue weighted by atomic mass is 16.6. The largest absolute Gasteiger partial charge is 0.481 e. The summed E-state index contributed by atoms with van der Waals surface area (Å²) in [6, 6.07) is 0. The maximum Gasteiger partial charge on any atom is 0.315 e. The van der Waals surface area contributed by atoms with Crippen molar-refractivity contribution in [1.29, 1.82) is 0 Å². The fraction of sp³-hybridized carbons (Fsp3) is 0.789. The number of fused-ring (bicyclic) bond motifs is 3. The second kappa shape index (κ2) is 3.59. The van der Waals surface area contributed by atoms with Crippen LogP contribution in [0.1, 0.15) is 39.0 Å². The summed E-state index contributed by atoms with van der Waals surface area (Å²) in [7, 11) is 0. The van der Waals surface area contributed by atoms with Gasteiger partial charge in [0.1, 0.15) is 17.1 Å². The van der Waals surface area contributed by atoms with Crippen LogP contribution in [0.5, 0.6) is 0 Å². The van der Waals surface area contributed by atoms with Crippen LogP contribution in [0.25, 0.3) is 0 Å². The molecule has 6 rings (SSSR count). The first-order valence-corrected chi connectivity index (χ1v) is 9.14. The lowest BCUT2D eigenvalue weighted by Crippen LogP contribution is -2.50. The van der Waals surface area contributed by atoms with Gasteiger partial charge in [-0.05, 0) is 43.9 Å². The van der Waals surface area contributed by atoms with Gasteiger partial charge in [-0.2, -0.15) is 0 Å². The van der Waals surface area contributed by atoms with Gasteiger partial charge in [0, 0.05) is 18.3 Å². The topological polar surface area (TPSA) is 76.1 Å². The summed E-state index contributed by atoms with van der Waals surface area (Å²) in [5.41, 5.74) is -0.470.